The molecule has 1 aromatic heterocycles. The molecule has 0 radical (unpaired) electrons. The summed E-state index contributed by atoms with van der Waals surface area (Å²) in [5, 5.41) is 5.90. The summed E-state index contributed by atoms with van der Waals surface area (Å²) >= 11 is 0. The number of rotatable bonds is 9. The third kappa shape index (κ3) is 5.33. The molecular weight excluding hydrogens is 318 g/mol. The molecule has 1 saturated carbocycles. The third-order valence-corrected chi connectivity index (χ3v) is 5.11. The number of amides is 2. The second-order valence-corrected chi connectivity index (χ2v) is 6.72. The van der Waals surface area contributed by atoms with Crippen molar-refractivity contribution in [1.82, 2.24) is 15.5 Å². The van der Waals surface area contributed by atoms with Crippen LogP contribution in [-0.4, -0.2) is 42.4 Å². The number of hydrogen-bond acceptors (Lipinski definition) is 4. The maximum Gasteiger partial charge on any atom is 0.242 e. The van der Waals surface area contributed by atoms with E-state index in [0.29, 0.717) is 6.54 Å². The lowest BCUT2D eigenvalue weighted by Crippen LogP contribution is -2.51. The summed E-state index contributed by atoms with van der Waals surface area (Å²) in [5.74, 6) is 0.838. The zero-order valence-corrected chi connectivity index (χ0v) is 15.6. The monoisotopic (exact) mass is 349 g/mol. The molecule has 25 heavy (non-hydrogen) atoms. The molecule has 6 nitrogen and oxygen atoms in total. The van der Waals surface area contributed by atoms with Crippen LogP contribution < -0.4 is 10.6 Å². The van der Waals surface area contributed by atoms with Gasteiger partial charge in [-0.15, -0.1) is 0 Å². The van der Waals surface area contributed by atoms with E-state index in [4.69, 9.17) is 4.42 Å². The van der Waals surface area contributed by atoms with Gasteiger partial charge in [0.2, 0.25) is 11.8 Å². The van der Waals surface area contributed by atoms with Crippen LogP contribution in [0, 0.1) is 5.92 Å². The molecule has 1 aliphatic rings. The first-order valence-corrected chi connectivity index (χ1v) is 9.39. The fourth-order valence-electron chi connectivity index (χ4n) is 3.77. The third-order valence-electron chi connectivity index (χ3n) is 5.11. The Balaban J connectivity index is 2.03. The fraction of sp³-hybridized carbons (Fsp3) is 0.684. The minimum Gasteiger partial charge on any atom is -0.468 e. The second kappa shape index (κ2) is 9.61. The van der Waals surface area contributed by atoms with Gasteiger partial charge < -0.3 is 15.1 Å². The summed E-state index contributed by atoms with van der Waals surface area (Å²) in [6, 6.07) is 3.37. The zero-order valence-electron chi connectivity index (χ0n) is 15.6. The van der Waals surface area contributed by atoms with E-state index in [1.165, 1.54) is 6.92 Å². The first kappa shape index (κ1) is 19.5. The van der Waals surface area contributed by atoms with Gasteiger partial charge in [-0.25, -0.2) is 0 Å². The minimum absolute atomic E-state index is 0.00416. The van der Waals surface area contributed by atoms with E-state index in [0.717, 1.165) is 44.5 Å². The smallest absolute Gasteiger partial charge is 0.242 e. The molecule has 1 heterocycles. The minimum atomic E-state index is -0.436. The Morgan fingerprint density at radius 1 is 1.28 bits per heavy atom. The van der Waals surface area contributed by atoms with Gasteiger partial charge in [0.25, 0.3) is 0 Å². The Bertz CT molecular complexity index is 534. The van der Waals surface area contributed by atoms with E-state index in [-0.39, 0.29) is 23.8 Å². The average molecular weight is 349 g/mol. The standard InChI is InChI=1S/C19H31N3O3/c1-4-22(5-2)16(17-11-8-12-25-17)13-20-19(24)18(21-14(3)23)15-9-6-7-10-15/h8,11-12,15-16,18H,4-7,9-10,13H2,1-3H3,(H,20,24)(H,21,23)/t16-,18+/m0/s1. The molecule has 2 N–H and O–H groups in total. The maximum atomic E-state index is 12.8. The van der Waals surface area contributed by atoms with Gasteiger partial charge >= 0.3 is 0 Å². The van der Waals surface area contributed by atoms with E-state index >= 15 is 0 Å². The fourth-order valence-corrected chi connectivity index (χ4v) is 3.77. The summed E-state index contributed by atoms with van der Waals surface area (Å²) in [6.07, 6.45) is 5.91. The summed E-state index contributed by atoms with van der Waals surface area (Å²) < 4.78 is 5.57. The molecule has 1 fully saturated rings. The molecule has 140 valence electrons. The number of hydrogen-bond donors (Lipinski definition) is 2. The SMILES string of the molecule is CCN(CC)[C@@H](CNC(=O)[C@H](NC(C)=O)C1CCCC1)c1ccco1. The number of carbonyl (C=O) groups excluding carboxylic acids is 2. The topological polar surface area (TPSA) is 74.6 Å². The predicted octanol–water partition coefficient (Wildman–Crippen LogP) is 2.47. The molecule has 2 atom stereocenters. The molecule has 0 bridgehead atoms. The van der Waals surface area contributed by atoms with Crippen LogP contribution in [0.25, 0.3) is 0 Å². The van der Waals surface area contributed by atoms with Crippen LogP contribution in [0.15, 0.2) is 22.8 Å². The highest BCUT2D eigenvalue weighted by Crippen LogP contribution is 2.28. The van der Waals surface area contributed by atoms with Crippen molar-refractivity contribution >= 4 is 11.8 Å². The van der Waals surface area contributed by atoms with Crippen molar-refractivity contribution in [3.05, 3.63) is 24.2 Å². The normalized spacial score (nSPS) is 17.4. The van der Waals surface area contributed by atoms with Gasteiger partial charge in [0.1, 0.15) is 11.8 Å². The largest absolute Gasteiger partial charge is 0.468 e. The molecule has 2 amide bonds. The molecule has 1 aromatic rings. The molecule has 0 unspecified atom stereocenters. The zero-order chi connectivity index (χ0) is 18.2. The first-order valence-electron chi connectivity index (χ1n) is 9.39. The highest BCUT2D eigenvalue weighted by molar-refractivity contribution is 5.87. The van der Waals surface area contributed by atoms with Crippen LogP contribution in [0.2, 0.25) is 0 Å². The Kier molecular flexibility index (Phi) is 7.50. The van der Waals surface area contributed by atoms with Crippen molar-refractivity contribution in [2.45, 2.75) is 58.5 Å². The Labute approximate surface area is 150 Å². The number of likely N-dealkylation sites (N-methyl/N-ethyl adjacent to an activating group) is 1. The highest BCUT2D eigenvalue weighted by atomic mass is 16.3. The average Bonchev–Trinajstić information content (AvgIpc) is 3.29. The number of nitrogens with zero attached hydrogens (tertiary/aromatic N) is 1. The number of nitrogens with one attached hydrogen (secondary N) is 2. The summed E-state index contributed by atoms with van der Waals surface area (Å²) in [6.45, 7) is 7.87. The van der Waals surface area contributed by atoms with E-state index in [2.05, 4.69) is 29.4 Å². The van der Waals surface area contributed by atoms with E-state index in [1.807, 2.05) is 12.1 Å². The van der Waals surface area contributed by atoms with Crippen LogP contribution in [-0.2, 0) is 9.59 Å². The quantitative estimate of drug-likeness (QED) is 0.718. The van der Waals surface area contributed by atoms with Crippen LogP contribution in [0.1, 0.15) is 58.3 Å². The van der Waals surface area contributed by atoms with Gasteiger partial charge in [0.15, 0.2) is 0 Å². The lowest BCUT2D eigenvalue weighted by molar-refractivity contribution is -0.129. The van der Waals surface area contributed by atoms with Crippen LogP contribution in [0.5, 0.6) is 0 Å². The van der Waals surface area contributed by atoms with Gasteiger partial charge in [-0.1, -0.05) is 26.7 Å². The van der Waals surface area contributed by atoms with Crippen molar-refractivity contribution in [2.75, 3.05) is 19.6 Å². The Hall–Kier alpha value is -1.82. The Morgan fingerprint density at radius 3 is 2.48 bits per heavy atom. The van der Waals surface area contributed by atoms with Gasteiger partial charge in [-0.3, -0.25) is 14.5 Å². The summed E-state index contributed by atoms with van der Waals surface area (Å²) in [7, 11) is 0. The van der Waals surface area contributed by atoms with Gasteiger partial charge in [-0.05, 0) is 44.0 Å². The molecule has 0 saturated heterocycles. The molecule has 6 heteroatoms. The van der Waals surface area contributed by atoms with Crippen LogP contribution in [0.4, 0.5) is 0 Å². The molecule has 1 aliphatic carbocycles. The first-order chi connectivity index (χ1) is 12.1. The number of furan rings is 1. The maximum absolute atomic E-state index is 12.8. The van der Waals surface area contributed by atoms with Crippen molar-refractivity contribution < 1.29 is 14.0 Å². The molecular formula is C19H31N3O3. The predicted molar refractivity (Wildman–Crippen MR) is 96.9 cm³/mol. The lowest BCUT2D eigenvalue weighted by atomic mass is 9.97. The summed E-state index contributed by atoms with van der Waals surface area (Å²) in [5.41, 5.74) is 0. The van der Waals surface area contributed by atoms with E-state index in [9.17, 15) is 9.59 Å². The van der Waals surface area contributed by atoms with Crippen molar-refractivity contribution in [3.8, 4) is 0 Å². The summed E-state index contributed by atoms with van der Waals surface area (Å²) in [4.78, 5) is 26.5. The Morgan fingerprint density at radius 2 is 1.96 bits per heavy atom. The van der Waals surface area contributed by atoms with Crippen LogP contribution >= 0.6 is 0 Å². The van der Waals surface area contributed by atoms with E-state index < -0.39 is 6.04 Å². The highest BCUT2D eigenvalue weighted by Gasteiger charge is 2.32. The molecule has 0 aromatic carbocycles. The van der Waals surface area contributed by atoms with Gasteiger partial charge in [0.05, 0.1) is 12.3 Å². The lowest BCUT2D eigenvalue weighted by Gasteiger charge is -2.30. The van der Waals surface area contributed by atoms with Crippen molar-refractivity contribution in [1.29, 1.82) is 0 Å². The van der Waals surface area contributed by atoms with Gasteiger partial charge in [-0.2, -0.15) is 0 Å². The molecule has 0 aliphatic heterocycles. The molecule has 0 spiro atoms. The second-order valence-electron chi connectivity index (χ2n) is 6.72. The van der Waals surface area contributed by atoms with Crippen LogP contribution in [0.3, 0.4) is 0 Å². The van der Waals surface area contributed by atoms with E-state index in [1.54, 1.807) is 6.26 Å². The molecule has 2 rings (SSSR count). The van der Waals surface area contributed by atoms with Crippen molar-refractivity contribution in [2.24, 2.45) is 5.92 Å². The van der Waals surface area contributed by atoms with Crippen molar-refractivity contribution in [3.63, 3.8) is 0 Å². The van der Waals surface area contributed by atoms with Gasteiger partial charge in [0, 0.05) is 13.5 Å². The number of carbonyl (C=O) groups is 2.